The van der Waals surface area contributed by atoms with E-state index in [1.807, 2.05) is 6.07 Å². The molecule has 0 aromatic carbocycles. The summed E-state index contributed by atoms with van der Waals surface area (Å²) in [5.41, 5.74) is 1.72. The number of aromatic nitrogens is 3. The number of thiophene rings is 1. The van der Waals surface area contributed by atoms with Crippen LogP contribution in [-0.4, -0.2) is 27.1 Å². The molecule has 112 valence electrons. The molecule has 1 aliphatic heterocycles. The fourth-order valence-electron chi connectivity index (χ4n) is 2.33. The molecule has 0 fully saturated rings. The second-order valence-electron chi connectivity index (χ2n) is 4.90. The summed E-state index contributed by atoms with van der Waals surface area (Å²) in [4.78, 5) is 18.4. The summed E-state index contributed by atoms with van der Waals surface area (Å²) in [7, 11) is 0. The molecule has 8 heteroatoms. The number of nitrogens with zero attached hydrogens (tertiary/aromatic N) is 3. The smallest absolute Gasteiger partial charge is 0.268 e. The fraction of sp³-hybridized carbons (Fsp3) is 0.214. The lowest BCUT2D eigenvalue weighted by molar-refractivity contribution is 0.102. The van der Waals surface area contributed by atoms with Gasteiger partial charge in [-0.1, -0.05) is 11.6 Å². The number of hydrogen-bond acceptors (Lipinski definition) is 5. The molecule has 1 amide bonds. The average molecular weight is 335 g/mol. The molecular formula is C14H11ClN4O2S. The van der Waals surface area contributed by atoms with E-state index in [0.29, 0.717) is 28.8 Å². The van der Waals surface area contributed by atoms with Crippen LogP contribution in [0, 0.1) is 0 Å². The van der Waals surface area contributed by atoms with Gasteiger partial charge >= 0.3 is 0 Å². The number of nitrogens with one attached hydrogen (secondary N) is 1. The normalized spacial score (nSPS) is 14.0. The first-order valence-corrected chi connectivity index (χ1v) is 7.91. The van der Waals surface area contributed by atoms with Gasteiger partial charge in [0.25, 0.3) is 5.91 Å². The van der Waals surface area contributed by atoms with Crippen molar-refractivity contribution < 1.29 is 9.53 Å². The summed E-state index contributed by atoms with van der Waals surface area (Å²) in [6, 6.07) is 5.35. The monoisotopic (exact) mass is 334 g/mol. The van der Waals surface area contributed by atoms with E-state index in [0.717, 1.165) is 12.0 Å². The zero-order valence-corrected chi connectivity index (χ0v) is 12.9. The molecule has 0 atom stereocenters. The third-order valence-electron chi connectivity index (χ3n) is 3.37. The van der Waals surface area contributed by atoms with E-state index in [2.05, 4.69) is 15.4 Å². The lowest BCUT2D eigenvalue weighted by atomic mass is 10.2. The molecule has 1 aliphatic rings. The first kappa shape index (κ1) is 13.7. The molecule has 0 spiro atoms. The van der Waals surface area contributed by atoms with Crippen LogP contribution >= 0.6 is 22.9 Å². The molecule has 3 aromatic heterocycles. The molecule has 0 unspecified atom stereocenters. The zero-order valence-electron chi connectivity index (χ0n) is 11.4. The van der Waals surface area contributed by atoms with Crippen LogP contribution in [0.15, 0.2) is 24.4 Å². The molecule has 0 radical (unpaired) electrons. The Morgan fingerprint density at radius 3 is 3.23 bits per heavy atom. The van der Waals surface area contributed by atoms with Crippen LogP contribution < -0.4 is 5.32 Å². The summed E-state index contributed by atoms with van der Waals surface area (Å²) in [6.45, 7) is 1.29. The van der Waals surface area contributed by atoms with Crippen molar-refractivity contribution in [3.05, 3.63) is 44.7 Å². The Balaban J connectivity index is 1.58. The van der Waals surface area contributed by atoms with Crippen molar-refractivity contribution in [2.45, 2.75) is 13.0 Å². The Kier molecular flexibility index (Phi) is 3.33. The number of amides is 1. The van der Waals surface area contributed by atoms with Gasteiger partial charge in [0.15, 0.2) is 5.65 Å². The van der Waals surface area contributed by atoms with Crippen molar-refractivity contribution in [2.75, 3.05) is 11.9 Å². The van der Waals surface area contributed by atoms with E-state index < -0.39 is 0 Å². The van der Waals surface area contributed by atoms with Crippen molar-refractivity contribution in [3.63, 3.8) is 0 Å². The third kappa shape index (κ3) is 2.47. The van der Waals surface area contributed by atoms with Crippen molar-refractivity contribution >= 4 is 40.4 Å². The maximum absolute atomic E-state index is 12.3. The summed E-state index contributed by atoms with van der Waals surface area (Å²) in [5, 5.41) is 7.47. The van der Waals surface area contributed by atoms with Crippen molar-refractivity contribution in [2.24, 2.45) is 0 Å². The number of hydrogen-bond donors (Lipinski definition) is 1. The highest BCUT2D eigenvalue weighted by Gasteiger charge is 2.18. The highest BCUT2D eigenvalue weighted by Crippen LogP contribution is 2.27. The van der Waals surface area contributed by atoms with Gasteiger partial charge < -0.3 is 4.74 Å². The molecule has 0 aliphatic carbocycles. The summed E-state index contributed by atoms with van der Waals surface area (Å²) in [6.07, 6.45) is 2.50. The summed E-state index contributed by atoms with van der Waals surface area (Å²) < 4.78 is 6.93. The number of pyridine rings is 1. The van der Waals surface area contributed by atoms with Crippen LogP contribution in [0.3, 0.4) is 0 Å². The van der Waals surface area contributed by atoms with Crippen molar-refractivity contribution in [1.29, 1.82) is 0 Å². The predicted molar refractivity (Wildman–Crippen MR) is 83.6 cm³/mol. The van der Waals surface area contributed by atoms with E-state index in [4.69, 9.17) is 16.3 Å². The standard InChI is InChI=1S/C14H11ClN4O2S/c15-9-1-2-12-16-14(18-19(12)6-9)17-13(20)11-5-8-7-21-4-3-10(8)22-11/h1-2,5-6H,3-4,7H2,(H,17,18,20). The molecule has 0 saturated carbocycles. The number of anilines is 1. The topological polar surface area (TPSA) is 68.5 Å². The molecule has 22 heavy (non-hydrogen) atoms. The summed E-state index contributed by atoms with van der Waals surface area (Å²) in [5.74, 6) is 0.0521. The number of carbonyl (C=O) groups is 1. The van der Waals surface area contributed by atoms with Crippen molar-refractivity contribution in [3.8, 4) is 0 Å². The van der Waals surface area contributed by atoms with Gasteiger partial charge in [-0.3, -0.25) is 10.1 Å². The van der Waals surface area contributed by atoms with Gasteiger partial charge in [-0.15, -0.1) is 16.4 Å². The van der Waals surface area contributed by atoms with Gasteiger partial charge in [0.05, 0.1) is 23.1 Å². The van der Waals surface area contributed by atoms with E-state index in [9.17, 15) is 4.79 Å². The molecule has 4 heterocycles. The Morgan fingerprint density at radius 1 is 1.45 bits per heavy atom. The molecule has 4 rings (SSSR count). The predicted octanol–water partition coefficient (Wildman–Crippen LogP) is 2.77. The van der Waals surface area contributed by atoms with Crippen molar-refractivity contribution in [1.82, 2.24) is 14.6 Å². The van der Waals surface area contributed by atoms with Crippen LogP contribution in [0.5, 0.6) is 0 Å². The highest BCUT2D eigenvalue weighted by atomic mass is 35.5. The van der Waals surface area contributed by atoms with Gasteiger partial charge in [-0.2, -0.15) is 4.98 Å². The van der Waals surface area contributed by atoms with Crippen LogP contribution in [0.2, 0.25) is 5.02 Å². The van der Waals surface area contributed by atoms with Gasteiger partial charge in [-0.25, -0.2) is 4.52 Å². The van der Waals surface area contributed by atoms with Gasteiger partial charge in [0, 0.05) is 17.5 Å². The molecule has 0 saturated heterocycles. The maximum Gasteiger partial charge on any atom is 0.268 e. The Bertz CT molecular complexity index is 849. The Morgan fingerprint density at radius 2 is 2.36 bits per heavy atom. The largest absolute Gasteiger partial charge is 0.376 e. The van der Waals surface area contributed by atoms with E-state index in [1.165, 1.54) is 20.7 Å². The van der Waals surface area contributed by atoms with E-state index in [-0.39, 0.29) is 11.9 Å². The minimum absolute atomic E-state index is 0.207. The van der Waals surface area contributed by atoms with Gasteiger partial charge in [0.2, 0.25) is 5.95 Å². The molecule has 0 bridgehead atoms. The first-order chi connectivity index (χ1) is 10.7. The highest BCUT2D eigenvalue weighted by molar-refractivity contribution is 7.14. The number of ether oxygens (including phenoxy) is 1. The quantitative estimate of drug-likeness (QED) is 0.782. The zero-order chi connectivity index (χ0) is 15.1. The van der Waals surface area contributed by atoms with Crippen LogP contribution in [0.1, 0.15) is 20.1 Å². The SMILES string of the molecule is O=C(Nc1nc2ccc(Cl)cn2n1)c1cc2c(s1)CCOC2. The van der Waals surface area contributed by atoms with E-state index in [1.54, 1.807) is 18.3 Å². The Labute approximate surface area is 134 Å². The van der Waals surface area contributed by atoms with Gasteiger partial charge in [0.1, 0.15) is 0 Å². The first-order valence-electron chi connectivity index (χ1n) is 6.72. The molecular weight excluding hydrogens is 324 g/mol. The maximum atomic E-state index is 12.3. The second-order valence-corrected chi connectivity index (χ2v) is 6.47. The number of halogens is 1. The third-order valence-corrected chi connectivity index (χ3v) is 4.83. The molecule has 3 aromatic rings. The van der Waals surface area contributed by atoms with Crippen LogP contribution in [-0.2, 0) is 17.8 Å². The molecule has 1 N–H and O–H groups in total. The van der Waals surface area contributed by atoms with Crippen LogP contribution in [0.4, 0.5) is 5.95 Å². The van der Waals surface area contributed by atoms with E-state index >= 15 is 0 Å². The average Bonchev–Trinajstić information content (AvgIpc) is 3.09. The molecule has 6 nitrogen and oxygen atoms in total. The summed E-state index contributed by atoms with van der Waals surface area (Å²) >= 11 is 7.40. The minimum Gasteiger partial charge on any atom is -0.376 e. The fourth-order valence-corrected chi connectivity index (χ4v) is 3.53. The minimum atomic E-state index is -0.207. The Hall–Kier alpha value is -1.96. The second kappa shape index (κ2) is 5.35. The lowest BCUT2D eigenvalue weighted by Gasteiger charge is -2.10. The number of carbonyl (C=O) groups excluding carboxylic acids is 1. The number of fused-ring (bicyclic) bond motifs is 2. The lowest BCUT2D eigenvalue weighted by Crippen LogP contribution is -2.11. The van der Waals surface area contributed by atoms with Gasteiger partial charge in [-0.05, 0) is 23.8 Å². The van der Waals surface area contributed by atoms with Crippen LogP contribution in [0.25, 0.3) is 5.65 Å². The number of rotatable bonds is 2.